The maximum Gasteiger partial charge on any atom is 0.187 e. The Hall–Kier alpha value is -0.700. The first-order valence-corrected chi connectivity index (χ1v) is 17.0. The summed E-state index contributed by atoms with van der Waals surface area (Å²) >= 11 is 0. The van der Waals surface area contributed by atoms with E-state index >= 15 is 0 Å². The second-order valence-corrected chi connectivity index (χ2v) is 15.9. The van der Waals surface area contributed by atoms with Crippen LogP contribution in [0.5, 0.6) is 0 Å². The van der Waals surface area contributed by atoms with E-state index < -0.39 is 77.0 Å². The molecule has 4 fully saturated rings. The van der Waals surface area contributed by atoms with Crippen LogP contribution >= 0.6 is 0 Å². The van der Waals surface area contributed by atoms with Crippen molar-refractivity contribution in [3.63, 3.8) is 0 Å². The van der Waals surface area contributed by atoms with Gasteiger partial charge in [-0.05, 0) is 78.6 Å². The van der Waals surface area contributed by atoms with E-state index in [4.69, 9.17) is 14.2 Å². The molecule has 0 aromatic carbocycles. The summed E-state index contributed by atoms with van der Waals surface area (Å²) < 4.78 is 17.2. The van der Waals surface area contributed by atoms with E-state index in [9.17, 15) is 40.9 Å². The van der Waals surface area contributed by atoms with Crippen molar-refractivity contribution in [2.75, 3.05) is 20.3 Å². The van der Waals surface area contributed by atoms with E-state index in [2.05, 4.69) is 13.8 Å². The Morgan fingerprint density at radius 2 is 1.71 bits per heavy atom. The highest BCUT2D eigenvalue weighted by molar-refractivity contribution is 5.33. The van der Waals surface area contributed by atoms with Gasteiger partial charge < -0.3 is 55.1 Å². The fourth-order valence-electron chi connectivity index (χ4n) is 10.6. The monoisotopic (exact) mass is 642 g/mol. The Balaban J connectivity index is 1.37. The average Bonchev–Trinajstić information content (AvgIpc) is 3.19. The van der Waals surface area contributed by atoms with Crippen LogP contribution < -0.4 is 0 Å². The third-order valence-corrected chi connectivity index (χ3v) is 13.3. The molecule has 1 heterocycles. The molecule has 11 nitrogen and oxygen atoms in total. The van der Waals surface area contributed by atoms with E-state index in [1.165, 1.54) is 7.11 Å². The van der Waals surface area contributed by atoms with Crippen LogP contribution in [-0.4, -0.2) is 121 Å². The van der Waals surface area contributed by atoms with Crippen molar-refractivity contribution in [3.8, 4) is 0 Å². The highest BCUT2D eigenvalue weighted by Gasteiger charge is 2.72. The van der Waals surface area contributed by atoms with Gasteiger partial charge in [-0.1, -0.05) is 40.7 Å². The first-order valence-electron chi connectivity index (χ1n) is 17.0. The second-order valence-electron chi connectivity index (χ2n) is 15.9. The number of aliphatic hydroxyl groups excluding tert-OH is 6. The zero-order chi connectivity index (χ0) is 33.3. The molecule has 11 heteroatoms. The second kappa shape index (κ2) is 12.6. The number of hydrogen-bond donors (Lipinski definition) is 8. The molecule has 0 aromatic rings. The van der Waals surface area contributed by atoms with Crippen molar-refractivity contribution in [1.29, 1.82) is 0 Å². The van der Waals surface area contributed by atoms with Crippen LogP contribution in [0.15, 0.2) is 11.6 Å². The van der Waals surface area contributed by atoms with Gasteiger partial charge in [0.1, 0.15) is 18.3 Å². The van der Waals surface area contributed by atoms with Gasteiger partial charge in [0, 0.05) is 19.4 Å². The van der Waals surface area contributed by atoms with Gasteiger partial charge in [-0.2, -0.15) is 0 Å². The Labute approximate surface area is 267 Å². The quantitative estimate of drug-likeness (QED) is 0.167. The normalized spacial score (nSPS) is 50.3. The van der Waals surface area contributed by atoms with E-state index in [0.717, 1.165) is 5.57 Å². The summed E-state index contributed by atoms with van der Waals surface area (Å²) in [4.78, 5) is 0. The van der Waals surface area contributed by atoms with Gasteiger partial charge in [0.15, 0.2) is 6.29 Å². The van der Waals surface area contributed by atoms with E-state index in [1.807, 2.05) is 26.8 Å². The smallest absolute Gasteiger partial charge is 0.187 e. The molecule has 8 N–H and O–H groups in total. The van der Waals surface area contributed by atoms with Crippen molar-refractivity contribution in [3.05, 3.63) is 11.6 Å². The SMILES string of the molecule is CO[C@H]1[C@H](O[C@@H]2C=C3[C@H](O)C[C@@]4(O)[C@@H]5[C@@H](O)[C@H](O)[C@H]([C@H](C)CC[C@](O)(CO)C(C)C)[C@@]5(C)CC[C@@H]4[C@@]3(C)CC2)OC[C@@H](O)[C@@H]1O. The summed E-state index contributed by atoms with van der Waals surface area (Å²) in [5.41, 5.74) is -3.03. The zero-order valence-electron chi connectivity index (χ0n) is 27.7. The highest BCUT2D eigenvalue weighted by Crippen LogP contribution is 2.69. The lowest BCUT2D eigenvalue weighted by Crippen LogP contribution is -2.66. The maximum absolute atomic E-state index is 12.7. The summed E-state index contributed by atoms with van der Waals surface area (Å²) in [5.74, 6) is -1.48. The van der Waals surface area contributed by atoms with Gasteiger partial charge in [-0.3, -0.25) is 0 Å². The Bertz CT molecular complexity index is 1090. The minimum atomic E-state index is -1.42. The van der Waals surface area contributed by atoms with Crippen LogP contribution in [0.2, 0.25) is 0 Å². The maximum atomic E-state index is 12.7. The average molecular weight is 643 g/mol. The summed E-state index contributed by atoms with van der Waals surface area (Å²) in [6.45, 7) is 9.46. The number of methoxy groups -OCH3 is 1. The van der Waals surface area contributed by atoms with Gasteiger partial charge in [0.2, 0.25) is 0 Å². The first kappa shape index (κ1) is 35.6. The van der Waals surface area contributed by atoms with Gasteiger partial charge in [0.05, 0.1) is 48.8 Å². The molecule has 0 bridgehead atoms. The molecule has 1 aliphatic heterocycles. The molecule has 0 spiro atoms. The van der Waals surface area contributed by atoms with E-state index in [1.54, 1.807) is 0 Å². The number of aliphatic hydroxyl groups is 8. The molecule has 0 aromatic heterocycles. The van der Waals surface area contributed by atoms with E-state index in [0.29, 0.717) is 38.5 Å². The standard InChI is InChI=1S/C34H58O11/c1-17(2)33(41,16-35)12-7-18(3)24-26(39)27(40)29-32(24,5)11-9-23-31(4)10-8-19(13-20(31)21(36)14-34(23,29)42)45-30-28(43-6)25(38)22(37)15-44-30/h13,17-19,21-30,35-42H,7-12,14-16H2,1-6H3/t18-,19+,21-,22-,23-,24+,25+,26-,27+,28-,29-,30+,31+,32-,33+,34+/m1/s1. The topological polar surface area (TPSA) is 190 Å². The molecule has 3 saturated carbocycles. The van der Waals surface area contributed by atoms with Crippen LogP contribution in [0.3, 0.4) is 0 Å². The largest absolute Gasteiger partial charge is 0.393 e. The number of ether oxygens (including phenoxy) is 3. The molecular weight excluding hydrogens is 584 g/mol. The Kier molecular flexibility index (Phi) is 10.00. The lowest BCUT2D eigenvalue weighted by Gasteiger charge is -2.64. The molecule has 0 unspecified atom stereocenters. The van der Waals surface area contributed by atoms with Crippen LogP contribution in [0.1, 0.15) is 79.6 Å². The van der Waals surface area contributed by atoms with Crippen molar-refractivity contribution in [2.24, 2.45) is 40.4 Å². The van der Waals surface area contributed by atoms with Crippen LogP contribution in [0.4, 0.5) is 0 Å². The third-order valence-electron chi connectivity index (χ3n) is 13.3. The molecule has 4 aliphatic carbocycles. The minimum Gasteiger partial charge on any atom is -0.393 e. The molecule has 0 amide bonds. The van der Waals surface area contributed by atoms with Crippen LogP contribution in [0.25, 0.3) is 0 Å². The summed E-state index contributed by atoms with van der Waals surface area (Å²) in [6.07, 6.45) is -2.27. The minimum absolute atomic E-state index is 0.0279. The summed E-state index contributed by atoms with van der Waals surface area (Å²) in [7, 11) is 1.42. The highest BCUT2D eigenvalue weighted by atomic mass is 16.7. The van der Waals surface area contributed by atoms with Crippen molar-refractivity contribution in [2.45, 2.75) is 140 Å². The van der Waals surface area contributed by atoms with Gasteiger partial charge >= 0.3 is 0 Å². The predicted molar refractivity (Wildman–Crippen MR) is 164 cm³/mol. The summed E-state index contributed by atoms with van der Waals surface area (Å²) in [6, 6.07) is 0. The van der Waals surface area contributed by atoms with Crippen LogP contribution in [-0.2, 0) is 14.2 Å². The Morgan fingerprint density at radius 1 is 1.02 bits per heavy atom. The molecular formula is C34H58O11. The predicted octanol–water partition coefficient (Wildman–Crippen LogP) is 0.867. The third kappa shape index (κ3) is 5.65. The van der Waals surface area contributed by atoms with Gasteiger partial charge in [-0.15, -0.1) is 0 Å². The molecule has 45 heavy (non-hydrogen) atoms. The fourth-order valence-corrected chi connectivity index (χ4v) is 10.6. The molecule has 16 atom stereocenters. The molecule has 5 rings (SSSR count). The zero-order valence-corrected chi connectivity index (χ0v) is 27.7. The van der Waals surface area contributed by atoms with Crippen molar-refractivity contribution >= 4 is 0 Å². The van der Waals surface area contributed by atoms with E-state index in [-0.39, 0.29) is 43.3 Å². The Morgan fingerprint density at radius 3 is 2.33 bits per heavy atom. The van der Waals surface area contributed by atoms with Crippen molar-refractivity contribution in [1.82, 2.24) is 0 Å². The van der Waals surface area contributed by atoms with Crippen LogP contribution in [0, 0.1) is 40.4 Å². The van der Waals surface area contributed by atoms with Gasteiger partial charge in [-0.25, -0.2) is 0 Å². The van der Waals surface area contributed by atoms with Crippen molar-refractivity contribution < 1.29 is 55.1 Å². The lowest BCUT2D eigenvalue weighted by molar-refractivity contribution is -0.285. The molecule has 0 radical (unpaired) electrons. The summed E-state index contributed by atoms with van der Waals surface area (Å²) in [5, 5.41) is 88.7. The number of hydrogen-bond acceptors (Lipinski definition) is 11. The number of rotatable bonds is 9. The van der Waals surface area contributed by atoms with Gasteiger partial charge in [0.25, 0.3) is 0 Å². The fraction of sp³-hybridized carbons (Fsp3) is 0.941. The number of fused-ring (bicyclic) bond motifs is 5. The molecule has 1 saturated heterocycles. The molecule has 5 aliphatic rings. The first-order chi connectivity index (χ1) is 21.0. The molecule has 260 valence electrons. The lowest BCUT2D eigenvalue weighted by atomic mass is 9.43.